The van der Waals surface area contributed by atoms with Crippen LogP contribution < -0.4 is 10.9 Å². The van der Waals surface area contributed by atoms with Crippen LogP contribution in [0.3, 0.4) is 0 Å². The number of allylic oxidation sites excluding steroid dienone is 2. The van der Waals surface area contributed by atoms with Gasteiger partial charge in [0.25, 0.3) is 23.4 Å². The summed E-state index contributed by atoms with van der Waals surface area (Å²) in [5.74, 6) is -2.01. The maximum Gasteiger partial charge on any atom is 0.282 e. The molecule has 1 heterocycles. The number of benzene rings is 2. The number of nitrogens with one attached hydrogen (secondary N) is 2. The topological polar surface area (TPSA) is 122 Å². The number of nitrogens with zero attached hydrogens (tertiary/aromatic N) is 2. The Bertz CT molecular complexity index is 1150. The minimum Gasteiger partial charge on any atom is -0.283 e. The average molecular weight is 469 g/mol. The van der Waals surface area contributed by atoms with Crippen LogP contribution in [-0.4, -0.2) is 38.4 Å². The number of nitro groups is 1. The van der Waals surface area contributed by atoms with Crippen molar-refractivity contribution in [3.05, 3.63) is 92.9 Å². The maximum atomic E-state index is 12.5. The van der Waals surface area contributed by atoms with Gasteiger partial charge in [0.1, 0.15) is 16.4 Å². The molecule has 0 aliphatic carbocycles. The second-order valence-electron chi connectivity index (χ2n) is 6.34. The van der Waals surface area contributed by atoms with Crippen molar-refractivity contribution in [2.75, 3.05) is 6.54 Å². The van der Waals surface area contributed by atoms with Crippen LogP contribution in [-0.2, 0) is 9.59 Å². The Morgan fingerprint density at radius 3 is 2.50 bits per heavy atom. The van der Waals surface area contributed by atoms with Gasteiger partial charge in [-0.3, -0.25) is 40.2 Å². The second kappa shape index (κ2) is 10.5. The van der Waals surface area contributed by atoms with Crippen molar-refractivity contribution in [2.24, 2.45) is 0 Å². The summed E-state index contributed by atoms with van der Waals surface area (Å²) in [5.41, 5.74) is 4.60. The number of amides is 3. The number of carbonyl (C=O) groups is 3. The molecule has 1 aliphatic rings. The molecule has 11 heteroatoms. The number of thiocarbonyl (C=S) groups is 1. The van der Waals surface area contributed by atoms with Gasteiger partial charge in [-0.05, 0) is 17.7 Å². The lowest BCUT2D eigenvalue weighted by Crippen LogP contribution is -2.47. The quantitative estimate of drug-likeness (QED) is 0.289. The highest BCUT2D eigenvalue weighted by atomic mass is 32.2. The van der Waals surface area contributed by atoms with Crippen molar-refractivity contribution >= 4 is 57.8 Å². The van der Waals surface area contributed by atoms with E-state index in [0.717, 1.165) is 22.2 Å². The monoisotopic (exact) mass is 468 g/mol. The third-order valence-electron chi connectivity index (χ3n) is 4.17. The molecular weight excluding hydrogens is 452 g/mol. The zero-order chi connectivity index (χ0) is 23.1. The van der Waals surface area contributed by atoms with Gasteiger partial charge >= 0.3 is 0 Å². The third-order valence-corrected chi connectivity index (χ3v) is 5.57. The fraction of sp³-hybridized carbons (Fsp3) is 0.0476. The third kappa shape index (κ3) is 5.65. The summed E-state index contributed by atoms with van der Waals surface area (Å²) in [5, 5.41) is 11.0. The van der Waals surface area contributed by atoms with Crippen molar-refractivity contribution in [1.29, 1.82) is 0 Å². The number of carbonyl (C=O) groups excluding carboxylic acids is 3. The fourth-order valence-electron chi connectivity index (χ4n) is 2.66. The zero-order valence-electron chi connectivity index (χ0n) is 16.4. The molecule has 0 unspecified atom stereocenters. The molecule has 3 rings (SSSR count). The molecular formula is C21H16N4O5S2. The highest BCUT2D eigenvalue weighted by Crippen LogP contribution is 2.30. The molecule has 1 saturated heterocycles. The fourth-order valence-corrected chi connectivity index (χ4v) is 3.87. The van der Waals surface area contributed by atoms with Gasteiger partial charge in [-0.2, -0.15) is 0 Å². The highest BCUT2D eigenvalue weighted by Gasteiger charge is 2.33. The summed E-state index contributed by atoms with van der Waals surface area (Å²) < 4.78 is 0.203. The van der Waals surface area contributed by atoms with E-state index in [-0.39, 0.29) is 9.88 Å². The lowest BCUT2D eigenvalue weighted by atomic mass is 10.2. The van der Waals surface area contributed by atoms with Gasteiger partial charge in [-0.25, -0.2) is 0 Å². The molecule has 162 valence electrons. The SMILES string of the molecule is O=C(CN1C(=O)/C(=C/C=C/c2ccccc2)SC1=S)NNC(=O)c1ccccc1[N+](=O)[O-]. The first-order valence-corrected chi connectivity index (χ1v) is 10.4. The van der Waals surface area contributed by atoms with Crippen LogP contribution in [0.15, 0.2) is 71.7 Å². The Kier molecular flexibility index (Phi) is 7.47. The van der Waals surface area contributed by atoms with Gasteiger partial charge in [-0.15, -0.1) is 0 Å². The molecule has 0 aromatic heterocycles. The van der Waals surface area contributed by atoms with E-state index in [1.165, 1.54) is 24.3 Å². The second-order valence-corrected chi connectivity index (χ2v) is 8.01. The maximum absolute atomic E-state index is 12.5. The van der Waals surface area contributed by atoms with Gasteiger partial charge in [0.2, 0.25) is 0 Å². The minimum atomic E-state index is -0.859. The van der Waals surface area contributed by atoms with Crippen LogP contribution in [0.2, 0.25) is 0 Å². The minimum absolute atomic E-state index is 0.203. The smallest absolute Gasteiger partial charge is 0.282 e. The summed E-state index contributed by atoms with van der Waals surface area (Å²) in [7, 11) is 0. The summed E-state index contributed by atoms with van der Waals surface area (Å²) in [4.78, 5) is 48.7. The van der Waals surface area contributed by atoms with Crippen LogP contribution in [0.5, 0.6) is 0 Å². The van der Waals surface area contributed by atoms with E-state index in [2.05, 4.69) is 10.9 Å². The Morgan fingerprint density at radius 2 is 1.78 bits per heavy atom. The Morgan fingerprint density at radius 1 is 1.09 bits per heavy atom. The summed E-state index contributed by atoms with van der Waals surface area (Å²) in [6.07, 6.45) is 5.16. The standard InChI is InChI=1S/C21H16N4O5S2/c26-18(22-23-19(27)15-10-4-5-11-16(15)25(29)30)13-24-20(28)17(32-21(24)31)12-6-9-14-7-2-1-3-8-14/h1-12H,13H2,(H,22,26)(H,23,27)/b9-6+,17-12-. The van der Waals surface area contributed by atoms with Crippen molar-refractivity contribution in [3.63, 3.8) is 0 Å². The molecule has 1 fully saturated rings. The summed E-state index contributed by atoms with van der Waals surface area (Å²) in [6.45, 7) is -0.415. The van der Waals surface area contributed by atoms with Crippen molar-refractivity contribution < 1.29 is 19.3 Å². The predicted octanol–water partition coefficient (Wildman–Crippen LogP) is 2.81. The van der Waals surface area contributed by atoms with E-state index in [0.29, 0.717) is 4.91 Å². The number of nitro benzene ring substituents is 1. The lowest BCUT2D eigenvalue weighted by molar-refractivity contribution is -0.385. The Labute approximate surface area is 192 Å². The number of hydrogen-bond donors (Lipinski definition) is 2. The molecule has 32 heavy (non-hydrogen) atoms. The first-order valence-electron chi connectivity index (χ1n) is 9.16. The van der Waals surface area contributed by atoms with Gasteiger partial charge in [0.05, 0.1) is 9.83 Å². The Hall–Kier alpha value is -3.83. The molecule has 0 spiro atoms. The number of rotatable bonds is 6. The zero-order valence-corrected chi connectivity index (χ0v) is 18.0. The number of hydrazine groups is 1. The van der Waals surface area contributed by atoms with E-state index in [1.807, 2.05) is 36.4 Å². The van der Waals surface area contributed by atoms with Gasteiger partial charge in [0, 0.05) is 6.07 Å². The number of para-hydroxylation sites is 1. The van der Waals surface area contributed by atoms with Crippen molar-refractivity contribution in [1.82, 2.24) is 15.8 Å². The molecule has 9 nitrogen and oxygen atoms in total. The normalized spacial score (nSPS) is 14.8. The largest absolute Gasteiger partial charge is 0.283 e. The van der Waals surface area contributed by atoms with E-state index in [1.54, 1.807) is 12.2 Å². The molecule has 0 saturated carbocycles. The predicted molar refractivity (Wildman–Crippen MR) is 124 cm³/mol. The van der Waals surface area contributed by atoms with Crippen molar-refractivity contribution in [2.45, 2.75) is 0 Å². The molecule has 2 N–H and O–H groups in total. The van der Waals surface area contributed by atoms with Crippen LogP contribution in [0.1, 0.15) is 15.9 Å². The van der Waals surface area contributed by atoms with E-state index in [4.69, 9.17) is 12.2 Å². The van der Waals surface area contributed by atoms with Crippen molar-refractivity contribution in [3.8, 4) is 0 Å². The summed E-state index contributed by atoms with van der Waals surface area (Å²) in [6, 6.07) is 14.8. The van der Waals surface area contributed by atoms with Crippen LogP contribution in [0.4, 0.5) is 5.69 Å². The van der Waals surface area contributed by atoms with Crippen LogP contribution in [0.25, 0.3) is 6.08 Å². The molecule has 0 atom stereocenters. The molecule has 1 aliphatic heterocycles. The molecule has 2 aromatic carbocycles. The molecule has 0 bridgehead atoms. The van der Waals surface area contributed by atoms with E-state index >= 15 is 0 Å². The molecule has 2 aromatic rings. The average Bonchev–Trinajstić information content (AvgIpc) is 3.05. The summed E-state index contributed by atoms with van der Waals surface area (Å²) >= 11 is 6.24. The highest BCUT2D eigenvalue weighted by molar-refractivity contribution is 8.26. The van der Waals surface area contributed by atoms with E-state index < -0.39 is 34.9 Å². The van der Waals surface area contributed by atoms with Gasteiger partial charge < -0.3 is 0 Å². The molecule has 3 amide bonds. The Balaban J connectivity index is 1.57. The number of thioether (sulfide) groups is 1. The van der Waals surface area contributed by atoms with Crippen LogP contribution in [0, 0.1) is 10.1 Å². The first kappa shape index (κ1) is 22.8. The van der Waals surface area contributed by atoms with E-state index in [9.17, 15) is 24.5 Å². The first-order chi connectivity index (χ1) is 15.4. The van der Waals surface area contributed by atoms with Crippen LogP contribution >= 0.6 is 24.0 Å². The lowest BCUT2D eigenvalue weighted by Gasteiger charge is -2.14. The molecule has 0 radical (unpaired) electrons. The van der Waals surface area contributed by atoms with Gasteiger partial charge in [0.15, 0.2) is 0 Å². The van der Waals surface area contributed by atoms with Gasteiger partial charge in [-0.1, -0.05) is 78.6 Å². The number of hydrogen-bond acceptors (Lipinski definition) is 7.